The predicted molar refractivity (Wildman–Crippen MR) is 136 cm³/mol. The van der Waals surface area contributed by atoms with E-state index in [1.807, 2.05) is 0 Å². The van der Waals surface area contributed by atoms with E-state index in [1.165, 1.54) is 44.2 Å². The number of anilines is 1. The van der Waals surface area contributed by atoms with Crippen molar-refractivity contribution in [3.8, 4) is 11.1 Å². The zero-order valence-electron chi connectivity index (χ0n) is 19.2. The van der Waals surface area contributed by atoms with Crippen molar-refractivity contribution in [3.63, 3.8) is 0 Å². The van der Waals surface area contributed by atoms with Crippen LogP contribution in [0.15, 0.2) is 78.9 Å². The lowest BCUT2D eigenvalue weighted by Gasteiger charge is -2.22. The fourth-order valence-corrected chi connectivity index (χ4v) is 5.10. The highest BCUT2D eigenvalue weighted by Gasteiger charge is 2.35. The molecule has 0 radical (unpaired) electrons. The fourth-order valence-electron chi connectivity index (χ4n) is 5.10. The summed E-state index contributed by atoms with van der Waals surface area (Å²) < 4.78 is 0. The van der Waals surface area contributed by atoms with Crippen molar-refractivity contribution in [1.29, 1.82) is 0 Å². The predicted octanol–water partition coefficient (Wildman–Crippen LogP) is 7.68. The van der Waals surface area contributed by atoms with Gasteiger partial charge in [0.05, 0.1) is 12.8 Å². The van der Waals surface area contributed by atoms with Crippen molar-refractivity contribution < 1.29 is 4.84 Å². The molecule has 160 valence electrons. The van der Waals surface area contributed by atoms with E-state index in [1.54, 1.807) is 7.11 Å². The van der Waals surface area contributed by atoms with E-state index >= 15 is 0 Å². The molecule has 2 nitrogen and oxygen atoms in total. The lowest BCUT2D eigenvalue weighted by molar-refractivity contribution is 0.271. The minimum absolute atomic E-state index is 0.0310. The maximum Gasteiger partial charge on any atom is 0.0683 e. The van der Waals surface area contributed by atoms with Crippen LogP contribution in [0.2, 0.25) is 0 Å². The van der Waals surface area contributed by atoms with Gasteiger partial charge in [0.2, 0.25) is 0 Å². The quantitative estimate of drug-likeness (QED) is 0.335. The highest BCUT2D eigenvalue weighted by atomic mass is 16.6. The average molecular weight is 420 g/mol. The molecular weight excluding hydrogens is 390 g/mol. The Labute approximate surface area is 190 Å². The largest absolute Gasteiger partial charge is 0.279 e. The number of benzene rings is 4. The molecule has 0 amide bonds. The van der Waals surface area contributed by atoms with Crippen LogP contribution in [0.25, 0.3) is 28.0 Å². The first-order valence-electron chi connectivity index (χ1n) is 11.2. The molecule has 32 heavy (non-hydrogen) atoms. The highest BCUT2D eigenvalue weighted by Crippen LogP contribution is 2.49. The summed E-state index contributed by atoms with van der Waals surface area (Å²) in [7, 11) is 1.65. The van der Waals surface area contributed by atoms with Gasteiger partial charge in [0.25, 0.3) is 0 Å². The maximum absolute atomic E-state index is 5.22. The molecule has 1 N–H and O–H groups in total. The molecule has 5 rings (SSSR count). The van der Waals surface area contributed by atoms with Crippen molar-refractivity contribution in [3.05, 3.63) is 107 Å². The molecule has 1 aliphatic rings. The van der Waals surface area contributed by atoms with Crippen molar-refractivity contribution in [2.45, 2.75) is 32.6 Å². The third-order valence-corrected chi connectivity index (χ3v) is 6.85. The second-order valence-corrected chi connectivity index (χ2v) is 9.16. The lowest BCUT2D eigenvalue weighted by atomic mass is 9.81. The van der Waals surface area contributed by atoms with Crippen LogP contribution in [0.4, 0.5) is 5.69 Å². The van der Waals surface area contributed by atoms with Crippen molar-refractivity contribution in [2.75, 3.05) is 12.6 Å². The van der Waals surface area contributed by atoms with Crippen molar-refractivity contribution in [1.82, 2.24) is 0 Å². The van der Waals surface area contributed by atoms with Gasteiger partial charge in [-0.2, -0.15) is 0 Å². The standard InChI is InChI=1S/C30H29NO/c1-20-18-26-24-13-7-8-15-27(24)30(2,3)28(26)19-22(20)11-9-14-25-23-12-6-5-10-21(23)16-17-29(25)31-32-4/h5-10,12-19,31H,11H2,1-4H3/b14-9-. The minimum atomic E-state index is 0.0310. The second kappa shape index (κ2) is 7.96. The Kier molecular flexibility index (Phi) is 5.11. The number of nitrogens with one attached hydrogen (secondary N) is 1. The van der Waals surface area contributed by atoms with Crippen LogP contribution in [0.5, 0.6) is 0 Å². The van der Waals surface area contributed by atoms with Crippen LogP contribution < -0.4 is 5.48 Å². The zero-order valence-corrected chi connectivity index (χ0v) is 19.2. The fraction of sp³-hybridized carbons (Fsp3) is 0.200. The molecular formula is C30H29NO. The molecule has 0 heterocycles. The van der Waals surface area contributed by atoms with Crippen molar-refractivity contribution in [2.24, 2.45) is 0 Å². The Morgan fingerprint density at radius 1 is 0.875 bits per heavy atom. The number of hydrogen-bond acceptors (Lipinski definition) is 2. The normalized spacial score (nSPS) is 14.0. The summed E-state index contributed by atoms with van der Waals surface area (Å²) in [5, 5.41) is 2.44. The van der Waals surface area contributed by atoms with Gasteiger partial charge < -0.3 is 0 Å². The van der Waals surface area contributed by atoms with Crippen LogP contribution in [-0.2, 0) is 16.7 Å². The molecule has 0 aliphatic heterocycles. The Balaban J connectivity index is 1.51. The Bertz CT molecular complexity index is 1350. The summed E-state index contributed by atoms with van der Waals surface area (Å²) in [4.78, 5) is 5.22. The van der Waals surface area contributed by atoms with Gasteiger partial charge in [-0.25, -0.2) is 0 Å². The maximum atomic E-state index is 5.22. The third-order valence-electron chi connectivity index (χ3n) is 6.85. The Hall–Kier alpha value is -3.36. The van der Waals surface area contributed by atoms with Gasteiger partial charge in [0, 0.05) is 11.0 Å². The summed E-state index contributed by atoms with van der Waals surface area (Å²) in [6.07, 6.45) is 5.38. The lowest BCUT2D eigenvalue weighted by Crippen LogP contribution is -2.15. The molecule has 4 aromatic rings. The molecule has 1 aliphatic carbocycles. The number of aryl methyl sites for hydroxylation is 1. The van der Waals surface area contributed by atoms with Crippen LogP contribution >= 0.6 is 0 Å². The molecule has 0 atom stereocenters. The molecule has 0 fully saturated rings. The monoisotopic (exact) mass is 419 g/mol. The van der Waals surface area contributed by atoms with E-state index in [0.717, 1.165) is 17.7 Å². The highest BCUT2D eigenvalue weighted by molar-refractivity contribution is 5.95. The Morgan fingerprint density at radius 3 is 2.50 bits per heavy atom. The van der Waals surface area contributed by atoms with Gasteiger partial charge in [-0.05, 0) is 63.6 Å². The molecule has 2 heteroatoms. The van der Waals surface area contributed by atoms with E-state index in [0.29, 0.717) is 0 Å². The van der Waals surface area contributed by atoms with Crippen LogP contribution in [0.1, 0.15) is 41.7 Å². The third kappa shape index (κ3) is 3.32. The Morgan fingerprint density at radius 2 is 1.66 bits per heavy atom. The summed E-state index contributed by atoms with van der Waals surface area (Å²) in [5.41, 5.74) is 13.5. The summed E-state index contributed by atoms with van der Waals surface area (Å²) >= 11 is 0. The van der Waals surface area contributed by atoms with Gasteiger partial charge >= 0.3 is 0 Å². The summed E-state index contributed by atoms with van der Waals surface area (Å²) in [6, 6.07) is 26.3. The van der Waals surface area contributed by atoms with Gasteiger partial charge in [-0.15, -0.1) is 0 Å². The first-order valence-corrected chi connectivity index (χ1v) is 11.2. The first-order chi connectivity index (χ1) is 15.5. The van der Waals surface area contributed by atoms with Gasteiger partial charge in [-0.3, -0.25) is 10.3 Å². The molecule has 0 unspecified atom stereocenters. The number of allylic oxidation sites excluding steroid dienone is 1. The average Bonchev–Trinajstić information content (AvgIpc) is 3.02. The molecule has 0 saturated carbocycles. The minimum Gasteiger partial charge on any atom is -0.279 e. The summed E-state index contributed by atoms with van der Waals surface area (Å²) in [5.74, 6) is 0. The van der Waals surface area contributed by atoms with Gasteiger partial charge in [0.15, 0.2) is 0 Å². The van der Waals surface area contributed by atoms with E-state index in [4.69, 9.17) is 4.84 Å². The van der Waals surface area contributed by atoms with E-state index < -0.39 is 0 Å². The summed E-state index contributed by atoms with van der Waals surface area (Å²) in [6.45, 7) is 6.91. The van der Waals surface area contributed by atoms with E-state index in [9.17, 15) is 0 Å². The first kappa shape index (κ1) is 20.5. The number of rotatable bonds is 5. The van der Waals surface area contributed by atoms with E-state index in [-0.39, 0.29) is 5.41 Å². The van der Waals surface area contributed by atoms with E-state index in [2.05, 4.69) is 111 Å². The van der Waals surface area contributed by atoms with Gasteiger partial charge in [0.1, 0.15) is 0 Å². The second-order valence-electron chi connectivity index (χ2n) is 9.16. The molecule has 0 saturated heterocycles. The molecule has 0 bridgehead atoms. The van der Waals surface area contributed by atoms with Crippen LogP contribution in [-0.4, -0.2) is 7.11 Å². The van der Waals surface area contributed by atoms with Crippen LogP contribution in [0.3, 0.4) is 0 Å². The zero-order chi connectivity index (χ0) is 22.3. The van der Waals surface area contributed by atoms with Crippen molar-refractivity contribution >= 4 is 22.5 Å². The molecule has 0 aromatic heterocycles. The number of fused-ring (bicyclic) bond motifs is 4. The smallest absolute Gasteiger partial charge is 0.0683 e. The topological polar surface area (TPSA) is 21.3 Å². The molecule has 0 spiro atoms. The van der Waals surface area contributed by atoms with Gasteiger partial charge in [-0.1, -0.05) is 92.7 Å². The van der Waals surface area contributed by atoms with Crippen LogP contribution in [0, 0.1) is 6.92 Å². The SMILES string of the molecule is CONc1ccc2ccccc2c1/C=C\Cc1cc2c(cc1C)-c1ccccc1C2(C)C. The molecule has 4 aromatic carbocycles. The number of hydrogen-bond donors (Lipinski definition) is 1.